The molecule has 0 bridgehead atoms. The number of nitrogens with zero attached hydrogens (tertiary/aromatic N) is 2. The van der Waals surface area contributed by atoms with Gasteiger partial charge in [0.25, 0.3) is 11.1 Å². The standard InChI is InChI=1S/2C11H10N2O3S.2Na.2H2O/c2*14-9-7-5-3-1-2-4-6(5)17-10(7)13-8(12-9)11(15)16;;;;/h2*1-4H2,(H,15,16)(H,12,13,14);;;2*1H2/q;;2*+1;;/p-2. The number of carboxylic acid groups (broad SMARTS) is 2. The van der Waals surface area contributed by atoms with Gasteiger partial charge in [0.15, 0.2) is 11.6 Å². The first-order valence-corrected chi connectivity index (χ1v) is 12.5. The Hall–Kier alpha value is -1.46. The first-order valence-electron chi connectivity index (χ1n) is 10.8. The van der Waals surface area contributed by atoms with Crippen molar-refractivity contribution in [3.8, 4) is 0 Å². The van der Waals surface area contributed by atoms with E-state index in [4.69, 9.17) is 0 Å². The van der Waals surface area contributed by atoms with Gasteiger partial charge in [0.05, 0.1) is 10.8 Å². The summed E-state index contributed by atoms with van der Waals surface area (Å²) in [6, 6.07) is 0. The number of aromatic amines is 2. The second-order valence-electron chi connectivity index (χ2n) is 8.19. The van der Waals surface area contributed by atoms with Gasteiger partial charge < -0.3 is 40.7 Å². The number of nitrogens with one attached hydrogen (secondary N) is 2. The maximum atomic E-state index is 11.9. The van der Waals surface area contributed by atoms with E-state index >= 15 is 0 Å². The summed E-state index contributed by atoms with van der Waals surface area (Å²) in [7, 11) is 0. The zero-order chi connectivity index (χ0) is 24.0. The van der Waals surface area contributed by atoms with E-state index in [0.29, 0.717) is 20.4 Å². The van der Waals surface area contributed by atoms with Crippen LogP contribution in [0.4, 0.5) is 0 Å². The number of H-pyrrole nitrogens is 2. The van der Waals surface area contributed by atoms with Crippen LogP contribution in [-0.2, 0) is 25.7 Å². The Bertz CT molecular complexity index is 1480. The number of fused-ring (bicyclic) bond motifs is 6. The minimum absolute atomic E-state index is 0. The van der Waals surface area contributed by atoms with Gasteiger partial charge in [-0.15, -0.1) is 22.7 Å². The third-order valence-corrected chi connectivity index (χ3v) is 8.41. The van der Waals surface area contributed by atoms with Crippen molar-refractivity contribution in [2.75, 3.05) is 0 Å². The van der Waals surface area contributed by atoms with Crippen LogP contribution in [0, 0.1) is 0 Å². The molecular weight excluding hydrogens is 558 g/mol. The van der Waals surface area contributed by atoms with E-state index in [1.807, 2.05) is 0 Å². The molecule has 6 N–H and O–H groups in total. The van der Waals surface area contributed by atoms with E-state index in [9.17, 15) is 29.4 Å². The largest absolute Gasteiger partial charge is 1.00 e. The Morgan fingerprint density at radius 1 is 0.658 bits per heavy atom. The summed E-state index contributed by atoms with van der Waals surface area (Å²) in [5.74, 6) is -3.67. The summed E-state index contributed by atoms with van der Waals surface area (Å²) >= 11 is 2.85. The van der Waals surface area contributed by atoms with Crippen LogP contribution in [0.3, 0.4) is 0 Å². The predicted molar refractivity (Wildman–Crippen MR) is 130 cm³/mol. The van der Waals surface area contributed by atoms with E-state index in [-0.39, 0.29) is 92.8 Å². The number of aryl methyl sites for hydroxylation is 4. The first kappa shape index (κ1) is 34.6. The molecule has 2 aliphatic carbocycles. The molecule has 192 valence electrons. The van der Waals surface area contributed by atoms with Crippen molar-refractivity contribution in [1.82, 2.24) is 19.9 Å². The van der Waals surface area contributed by atoms with Crippen LogP contribution in [0.1, 0.15) is 67.8 Å². The van der Waals surface area contributed by atoms with Gasteiger partial charge >= 0.3 is 59.1 Å². The molecule has 0 aliphatic heterocycles. The van der Waals surface area contributed by atoms with Gasteiger partial charge in [-0.25, -0.2) is 9.97 Å². The van der Waals surface area contributed by atoms with Gasteiger partial charge in [-0.1, -0.05) is 0 Å². The van der Waals surface area contributed by atoms with Crippen LogP contribution < -0.4 is 80.4 Å². The van der Waals surface area contributed by atoms with Gasteiger partial charge in [0.1, 0.15) is 21.6 Å². The molecule has 0 amide bonds. The Balaban J connectivity index is 0.000000344. The van der Waals surface area contributed by atoms with Crippen molar-refractivity contribution in [3.63, 3.8) is 0 Å². The molecule has 2 aliphatic rings. The molecule has 0 saturated heterocycles. The van der Waals surface area contributed by atoms with Crippen LogP contribution in [0.15, 0.2) is 9.59 Å². The third-order valence-electron chi connectivity index (χ3n) is 6.04. The molecule has 0 atom stereocenters. The fraction of sp³-hybridized carbons (Fsp3) is 0.364. The van der Waals surface area contributed by atoms with E-state index in [1.165, 1.54) is 32.4 Å². The molecule has 0 unspecified atom stereocenters. The zero-order valence-electron chi connectivity index (χ0n) is 20.8. The van der Waals surface area contributed by atoms with Crippen molar-refractivity contribution < 1.29 is 89.9 Å². The Morgan fingerprint density at radius 2 is 1.00 bits per heavy atom. The van der Waals surface area contributed by atoms with Crippen molar-refractivity contribution in [1.29, 1.82) is 0 Å². The van der Waals surface area contributed by atoms with Crippen LogP contribution >= 0.6 is 22.7 Å². The number of aromatic carboxylic acids is 2. The molecule has 0 saturated carbocycles. The Morgan fingerprint density at radius 3 is 1.34 bits per heavy atom. The van der Waals surface area contributed by atoms with Gasteiger partial charge in [-0.05, 0) is 62.5 Å². The van der Waals surface area contributed by atoms with E-state index < -0.39 is 11.9 Å². The van der Waals surface area contributed by atoms with Gasteiger partial charge in [-0.3, -0.25) is 9.59 Å². The molecule has 12 nitrogen and oxygen atoms in total. The first-order chi connectivity index (χ1) is 16.3. The summed E-state index contributed by atoms with van der Waals surface area (Å²) < 4.78 is 0. The molecule has 4 aromatic heterocycles. The summed E-state index contributed by atoms with van der Waals surface area (Å²) in [5, 5.41) is 22.5. The van der Waals surface area contributed by atoms with Crippen LogP contribution in [-0.4, -0.2) is 42.8 Å². The van der Waals surface area contributed by atoms with Crippen molar-refractivity contribution >= 4 is 55.0 Å². The number of carboxylic acids is 2. The minimum atomic E-state index is -1.45. The molecule has 0 fully saturated rings. The van der Waals surface area contributed by atoms with Crippen LogP contribution in [0.2, 0.25) is 0 Å². The number of hydrogen-bond acceptors (Lipinski definition) is 10. The monoisotopic (exact) mass is 580 g/mol. The topological polar surface area (TPSA) is 235 Å². The number of carbonyl (C=O) groups is 2. The zero-order valence-corrected chi connectivity index (χ0v) is 26.5. The SMILES string of the molecule is O.O.O=C([O-])c1nc2sc3c(c2c(=O)[nH]1)CCCC3.O=C([O-])c1nc2sc3c(c2c(=O)[nH]1)CCCC3.[Na+].[Na+]. The average molecular weight is 581 g/mol. The Kier molecular flexibility index (Phi) is 13.0. The van der Waals surface area contributed by atoms with Crippen molar-refractivity contribution in [2.45, 2.75) is 51.4 Å². The molecule has 38 heavy (non-hydrogen) atoms. The van der Waals surface area contributed by atoms with Gasteiger partial charge in [0.2, 0.25) is 0 Å². The van der Waals surface area contributed by atoms with Crippen LogP contribution in [0.25, 0.3) is 20.4 Å². The maximum Gasteiger partial charge on any atom is 1.00 e. The number of aromatic nitrogens is 4. The summed E-state index contributed by atoms with van der Waals surface area (Å²) in [4.78, 5) is 60.9. The van der Waals surface area contributed by atoms with E-state index in [0.717, 1.165) is 62.5 Å². The minimum Gasteiger partial charge on any atom is -0.542 e. The molecule has 16 heteroatoms. The summed E-state index contributed by atoms with van der Waals surface area (Å²) in [6.45, 7) is 0. The Labute approximate surface area is 267 Å². The van der Waals surface area contributed by atoms with E-state index in [2.05, 4.69) is 19.9 Å². The van der Waals surface area contributed by atoms with Gasteiger partial charge in [0, 0.05) is 9.75 Å². The number of carbonyl (C=O) groups excluding carboxylic acids is 2. The second kappa shape index (κ2) is 14.3. The predicted octanol–water partition coefficient (Wildman–Crippen LogP) is -7.19. The summed E-state index contributed by atoms with van der Waals surface area (Å²) in [6.07, 6.45) is 8.04. The maximum absolute atomic E-state index is 11.9. The third kappa shape index (κ3) is 6.63. The quantitative estimate of drug-likeness (QED) is 0.216. The van der Waals surface area contributed by atoms with Gasteiger partial charge in [-0.2, -0.15) is 0 Å². The molecule has 0 aromatic carbocycles. The molecule has 0 radical (unpaired) electrons. The molecule has 4 aromatic rings. The molecule has 0 spiro atoms. The number of rotatable bonds is 2. The number of hydrogen-bond donors (Lipinski definition) is 2. The normalized spacial score (nSPS) is 13.3. The van der Waals surface area contributed by atoms with Crippen LogP contribution in [0.5, 0.6) is 0 Å². The fourth-order valence-electron chi connectivity index (χ4n) is 4.52. The number of thiophene rings is 2. The van der Waals surface area contributed by atoms with Crippen molar-refractivity contribution in [2.24, 2.45) is 0 Å². The van der Waals surface area contributed by atoms with Crippen molar-refractivity contribution in [3.05, 3.63) is 53.2 Å². The average Bonchev–Trinajstić information content (AvgIpc) is 3.37. The molecule has 6 rings (SSSR count). The summed E-state index contributed by atoms with van der Waals surface area (Å²) in [5.41, 5.74) is 1.37. The smallest absolute Gasteiger partial charge is 0.542 e. The molecular formula is C22H22N4Na2O8S2. The fourth-order valence-corrected chi connectivity index (χ4v) is 7.05. The molecule has 4 heterocycles. The van der Waals surface area contributed by atoms with E-state index in [1.54, 1.807) is 0 Å². The second-order valence-corrected chi connectivity index (χ2v) is 10.4.